The van der Waals surface area contributed by atoms with Crippen molar-refractivity contribution in [1.82, 2.24) is 0 Å². The lowest BCUT2D eigenvalue weighted by Gasteiger charge is -2.13. The van der Waals surface area contributed by atoms with Crippen LogP contribution in [-0.2, 0) is 0 Å². The van der Waals surface area contributed by atoms with Gasteiger partial charge in [-0.25, -0.2) is 0 Å². The Labute approximate surface area is 117 Å². The van der Waals surface area contributed by atoms with Crippen molar-refractivity contribution in [1.29, 1.82) is 0 Å². The quantitative estimate of drug-likeness (QED) is 0.416. The topological polar surface area (TPSA) is 61.6 Å². The third-order valence-electron chi connectivity index (χ3n) is 2.83. The fourth-order valence-electron chi connectivity index (χ4n) is 1.59. The Hall–Kier alpha value is -1.49. The largest absolute Gasteiger partial charge is 0.493 e. The molecule has 0 amide bonds. The van der Waals surface area contributed by atoms with Crippen LogP contribution in [0.5, 0.6) is 11.5 Å². The Balaban J connectivity index is 2.65. The van der Waals surface area contributed by atoms with Gasteiger partial charge in [-0.3, -0.25) is 10.1 Å². The standard InChI is InChI=1S/C13H18ClNO4/c1-10(5-7-14)6-8-19-13-9-11(15(16)17)3-4-12(13)18-2/h3-4,9-10H,5-8H2,1-2H3. The number of benzene rings is 1. The van der Waals surface area contributed by atoms with E-state index in [2.05, 4.69) is 6.92 Å². The fraction of sp³-hybridized carbons (Fsp3) is 0.538. The van der Waals surface area contributed by atoms with Crippen LogP contribution >= 0.6 is 11.6 Å². The Kier molecular flexibility index (Phi) is 6.42. The van der Waals surface area contributed by atoms with Gasteiger partial charge in [0.2, 0.25) is 0 Å². The van der Waals surface area contributed by atoms with Crippen LogP contribution in [0.25, 0.3) is 0 Å². The lowest BCUT2D eigenvalue weighted by atomic mass is 10.1. The maximum absolute atomic E-state index is 10.7. The second-order valence-electron chi connectivity index (χ2n) is 4.31. The van der Waals surface area contributed by atoms with Crippen molar-refractivity contribution < 1.29 is 14.4 Å². The van der Waals surface area contributed by atoms with Crippen LogP contribution in [0.15, 0.2) is 18.2 Å². The Bertz CT molecular complexity index is 425. The Morgan fingerprint density at radius 3 is 2.68 bits per heavy atom. The van der Waals surface area contributed by atoms with Crippen molar-refractivity contribution in [3.8, 4) is 11.5 Å². The summed E-state index contributed by atoms with van der Waals surface area (Å²) in [6.45, 7) is 2.58. The van der Waals surface area contributed by atoms with Gasteiger partial charge in [-0.05, 0) is 24.8 Å². The van der Waals surface area contributed by atoms with E-state index in [1.54, 1.807) is 0 Å². The van der Waals surface area contributed by atoms with Gasteiger partial charge in [0, 0.05) is 11.9 Å². The summed E-state index contributed by atoms with van der Waals surface area (Å²) in [4.78, 5) is 10.3. The van der Waals surface area contributed by atoms with Gasteiger partial charge in [-0.1, -0.05) is 6.92 Å². The minimum atomic E-state index is -0.456. The van der Waals surface area contributed by atoms with E-state index in [1.165, 1.54) is 25.3 Å². The van der Waals surface area contributed by atoms with Crippen LogP contribution in [0, 0.1) is 16.0 Å². The molecule has 1 atom stereocenters. The van der Waals surface area contributed by atoms with Gasteiger partial charge in [0.25, 0.3) is 5.69 Å². The van der Waals surface area contributed by atoms with Crippen LogP contribution in [-0.4, -0.2) is 24.5 Å². The third-order valence-corrected chi connectivity index (χ3v) is 3.05. The first-order valence-electron chi connectivity index (χ1n) is 6.09. The van der Waals surface area contributed by atoms with Gasteiger partial charge >= 0.3 is 0 Å². The number of methoxy groups -OCH3 is 1. The molecule has 5 nitrogen and oxygen atoms in total. The van der Waals surface area contributed by atoms with Crippen molar-refractivity contribution in [2.45, 2.75) is 19.8 Å². The number of nitrogens with zero attached hydrogens (tertiary/aromatic N) is 1. The average molecular weight is 288 g/mol. The predicted octanol–water partition coefficient (Wildman–Crippen LogP) is 3.64. The van der Waals surface area contributed by atoms with E-state index in [0.717, 1.165) is 12.8 Å². The molecule has 0 saturated heterocycles. The first-order valence-corrected chi connectivity index (χ1v) is 6.63. The molecule has 1 rings (SSSR count). The van der Waals surface area contributed by atoms with Crippen LogP contribution in [0.2, 0.25) is 0 Å². The van der Waals surface area contributed by atoms with Crippen LogP contribution in [0.4, 0.5) is 5.69 Å². The van der Waals surface area contributed by atoms with Crippen molar-refractivity contribution in [3.05, 3.63) is 28.3 Å². The van der Waals surface area contributed by atoms with E-state index < -0.39 is 4.92 Å². The molecule has 0 aromatic heterocycles. The summed E-state index contributed by atoms with van der Waals surface area (Å²) in [6, 6.07) is 4.31. The highest BCUT2D eigenvalue weighted by molar-refractivity contribution is 6.17. The summed E-state index contributed by atoms with van der Waals surface area (Å²) < 4.78 is 10.7. The number of nitro benzene ring substituents is 1. The summed E-state index contributed by atoms with van der Waals surface area (Å²) in [5, 5.41) is 10.7. The first kappa shape index (κ1) is 15.6. The molecule has 6 heteroatoms. The molecule has 0 aliphatic carbocycles. The van der Waals surface area contributed by atoms with E-state index in [1.807, 2.05) is 0 Å². The highest BCUT2D eigenvalue weighted by Crippen LogP contribution is 2.31. The molecular weight excluding hydrogens is 270 g/mol. The van der Waals surface area contributed by atoms with Gasteiger partial charge in [-0.2, -0.15) is 0 Å². The minimum absolute atomic E-state index is 0.00962. The fourth-order valence-corrected chi connectivity index (χ4v) is 1.96. The molecular formula is C13H18ClNO4. The molecule has 0 aliphatic heterocycles. The normalized spacial score (nSPS) is 11.9. The second-order valence-corrected chi connectivity index (χ2v) is 4.69. The zero-order valence-electron chi connectivity index (χ0n) is 11.1. The molecule has 1 aromatic rings. The second kappa shape index (κ2) is 7.84. The minimum Gasteiger partial charge on any atom is -0.493 e. The van der Waals surface area contributed by atoms with Crippen molar-refractivity contribution in [3.63, 3.8) is 0 Å². The Morgan fingerprint density at radius 1 is 1.37 bits per heavy atom. The molecule has 0 radical (unpaired) electrons. The zero-order chi connectivity index (χ0) is 14.3. The highest BCUT2D eigenvalue weighted by Gasteiger charge is 2.12. The molecule has 1 unspecified atom stereocenters. The maximum atomic E-state index is 10.7. The number of nitro groups is 1. The smallest absolute Gasteiger partial charge is 0.273 e. The van der Waals surface area contributed by atoms with E-state index in [0.29, 0.717) is 29.9 Å². The monoisotopic (exact) mass is 287 g/mol. The molecule has 0 bridgehead atoms. The van der Waals surface area contributed by atoms with Crippen molar-refractivity contribution >= 4 is 17.3 Å². The molecule has 0 fully saturated rings. The summed E-state index contributed by atoms with van der Waals surface area (Å²) >= 11 is 5.66. The molecule has 106 valence electrons. The Morgan fingerprint density at radius 2 is 2.11 bits per heavy atom. The molecule has 0 spiro atoms. The van der Waals surface area contributed by atoms with Gasteiger partial charge in [-0.15, -0.1) is 11.6 Å². The predicted molar refractivity (Wildman–Crippen MR) is 74.3 cm³/mol. The number of rotatable bonds is 8. The van der Waals surface area contributed by atoms with E-state index in [9.17, 15) is 10.1 Å². The number of ether oxygens (including phenoxy) is 2. The lowest BCUT2D eigenvalue weighted by Crippen LogP contribution is -2.05. The molecule has 0 heterocycles. The molecule has 0 saturated carbocycles. The molecule has 0 aliphatic rings. The number of hydrogen-bond acceptors (Lipinski definition) is 4. The van der Waals surface area contributed by atoms with Gasteiger partial charge < -0.3 is 9.47 Å². The third kappa shape index (κ3) is 4.95. The van der Waals surface area contributed by atoms with E-state index in [4.69, 9.17) is 21.1 Å². The van der Waals surface area contributed by atoms with Crippen molar-refractivity contribution in [2.24, 2.45) is 5.92 Å². The number of non-ortho nitro benzene ring substituents is 1. The molecule has 1 aromatic carbocycles. The molecule has 0 N–H and O–H groups in total. The number of halogens is 1. The number of hydrogen-bond donors (Lipinski definition) is 0. The van der Waals surface area contributed by atoms with E-state index in [-0.39, 0.29) is 5.69 Å². The van der Waals surface area contributed by atoms with Crippen molar-refractivity contribution in [2.75, 3.05) is 19.6 Å². The summed E-state index contributed by atoms with van der Waals surface area (Å²) in [5.74, 6) is 1.98. The summed E-state index contributed by atoms with van der Waals surface area (Å²) in [7, 11) is 1.50. The van der Waals surface area contributed by atoms with Crippen LogP contribution in [0.3, 0.4) is 0 Å². The lowest BCUT2D eigenvalue weighted by molar-refractivity contribution is -0.385. The summed E-state index contributed by atoms with van der Waals surface area (Å²) in [6.07, 6.45) is 1.77. The van der Waals surface area contributed by atoms with Gasteiger partial charge in [0.05, 0.1) is 24.7 Å². The van der Waals surface area contributed by atoms with Gasteiger partial charge in [0.1, 0.15) is 0 Å². The average Bonchev–Trinajstić information content (AvgIpc) is 2.38. The summed E-state index contributed by atoms with van der Waals surface area (Å²) in [5.41, 5.74) is -0.00962. The SMILES string of the molecule is COc1ccc([N+](=O)[O-])cc1OCCC(C)CCCl. The molecule has 19 heavy (non-hydrogen) atoms. The number of alkyl halides is 1. The van der Waals surface area contributed by atoms with Crippen LogP contribution in [0.1, 0.15) is 19.8 Å². The first-order chi connectivity index (χ1) is 9.08. The van der Waals surface area contributed by atoms with E-state index >= 15 is 0 Å². The zero-order valence-corrected chi connectivity index (χ0v) is 11.9. The maximum Gasteiger partial charge on any atom is 0.273 e. The van der Waals surface area contributed by atoms with Crippen LogP contribution < -0.4 is 9.47 Å². The van der Waals surface area contributed by atoms with Gasteiger partial charge in [0.15, 0.2) is 11.5 Å². The highest BCUT2D eigenvalue weighted by atomic mass is 35.5.